The van der Waals surface area contributed by atoms with E-state index in [0.29, 0.717) is 33.4 Å². The minimum atomic E-state index is -0.401. The van der Waals surface area contributed by atoms with Crippen molar-refractivity contribution in [2.24, 2.45) is 16.7 Å². The van der Waals surface area contributed by atoms with Crippen LogP contribution in [0.2, 0.25) is 0 Å². The van der Waals surface area contributed by atoms with Crippen LogP contribution < -0.4 is 27.9 Å². The Morgan fingerprint density at radius 3 is 2.59 bits per heavy atom. The van der Waals surface area contributed by atoms with Gasteiger partial charge in [-0.1, -0.05) is 30.3 Å². The Bertz CT molecular complexity index is 1460. The number of benzene rings is 3. The third kappa shape index (κ3) is 4.35. The van der Waals surface area contributed by atoms with Crippen LogP contribution in [0.1, 0.15) is 35.2 Å². The van der Waals surface area contributed by atoms with Gasteiger partial charge in [0.25, 0.3) is 0 Å². The van der Waals surface area contributed by atoms with Crippen LogP contribution in [0.3, 0.4) is 0 Å². The lowest BCUT2D eigenvalue weighted by molar-refractivity contribution is 0.601. The molecule has 1 unspecified atom stereocenters. The molecule has 1 heterocycles. The first kappa shape index (κ1) is 23.0. The molecule has 0 saturated heterocycles. The van der Waals surface area contributed by atoms with Gasteiger partial charge >= 0.3 is 0 Å². The van der Waals surface area contributed by atoms with Crippen LogP contribution in [0.5, 0.6) is 0 Å². The number of hydrogen-bond donors (Lipinski definition) is 4. The van der Waals surface area contributed by atoms with Crippen molar-refractivity contribution in [2.45, 2.75) is 26.8 Å². The van der Waals surface area contributed by atoms with Gasteiger partial charge in [-0.25, -0.2) is 15.8 Å². The highest BCUT2D eigenvalue weighted by Crippen LogP contribution is 2.32. The van der Waals surface area contributed by atoms with Crippen molar-refractivity contribution in [2.75, 3.05) is 5.32 Å². The third-order valence-corrected chi connectivity index (χ3v) is 5.71. The first-order valence-electron chi connectivity index (χ1n) is 10.8. The minimum absolute atomic E-state index is 0.150. The summed E-state index contributed by atoms with van der Waals surface area (Å²) in [5.41, 5.74) is 12.6. The van der Waals surface area contributed by atoms with Gasteiger partial charge in [0.05, 0.1) is 11.4 Å². The molecular weight excluding hydrogens is 433 g/mol. The lowest BCUT2D eigenvalue weighted by Crippen LogP contribution is -2.24. The largest absolute Gasteiger partial charge is 0.455 e. The minimum Gasteiger partial charge on any atom is -0.455 e. The highest BCUT2D eigenvalue weighted by atomic mass is 19.1. The average molecular weight is 460 g/mol. The van der Waals surface area contributed by atoms with E-state index in [1.54, 1.807) is 19.1 Å². The summed E-state index contributed by atoms with van der Waals surface area (Å²) in [6.45, 7) is 5.58. The number of para-hydroxylation sites is 1. The van der Waals surface area contributed by atoms with E-state index >= 15 is 0 Å². The van der Waals surface area contributed by atoms with Gasteiger partial charge in [-0.15, -0.1) is 5.10 Å². The summed E-state index contributed by atoms with van der Waals surface area (Å²) in [5, 5.41) is 7.78. The molecule has 0 aliphatic heterocycles. The molecule has 4 rings (SSSR count). The number of hydrazine groups is 1. The number of hydrogen-bond acceptors (Lipinski definition) is 6. The van der Waals surface area contributed by atoms with Gasteiger partial charge in [-0.2, -0.15) is 0 Å². The van der Waals surface area contributed by atoms with Crippen LogP contribution in [0.15, 0.2) is 75.0 Å². The van der Waals surface area contributed by atoms with Crippen molar-refractivity contribution in [3.63, 3.8) is 0 Å². The van der Waals surface area contributed by atoms with Crippen LogP contribution in [0.25, 0.3) is 22.3 Å². The second-order valence-corrected chi connectivity index (χ2v) is 8.16. The summed E-state index contributed by atoms with van der Waals surface area (Å²) >= 11 is 0. The smallest absolute Gasteiger partial charge is 0.196 e. The summed E-state index contributed by atoms with van der Waals surface area (Å²) in [5.74, 6) is 5.45. The van der Waals surface area contributed by atoms with Gasteiger partial charge in [-0.3, -0.25) is 4.79 Å². The molecule has 0 fully saturated rings. The quantitative estimate of drug-likeness (QED) is 0.146. The summed E-state index contributed by atoms with van der Waals surface area (Å²) in [7, 11) is 0. The number of rotatable bonds is 6. The number of fused-ring (bicyclic) bond motifs is 1. The van der Waals surface area contributed by atoms with Gasteiger partial charge in [0, 0.05) is 27.9 Å². The molecule has 0 spiro atoms. The molecule has 0 amide bonds. The molecule has 0 saturated carbocycles. The predicted molar refractivity (Wildman–Crippen MR) is 134 cm³/mol. The zero-order chi connectivity index (χ0) is 24.4. The fraction of sp³-hybridized carbons (Fsp3) is 0.154. The summed E-state index contributed by atoms with van der Waals surface area (Å²) in [6.07, 6.45) is 0. The Morgan fingerprint density at radius 1 is 1.09 bits per heavy atom. The monoisotopic (exact) mass is 459 g/mol. The number of anilines is 1. The van der Waals surface area contributed by atoms with Crippen LogP contribution in [0.4, 0.5) is 10.1 Å². The molecule has 1 aromatic heterocycles. The summed E-state index contributed by atoms with van der Waals surface area (Å²) in [6, 6.07) is 17.0. The van der Waals surface area contributed by atoms with E-state index in [9.17, 15) is 9.18 Å². The van der Waals surface area contributed by atoms with Crippen molar-refractivity contribution < 1.29 is 8.81 Å². The van der Waals surface area contributed by atoms with Gasteiger partial charge in [0.1, 0.15) is 17.2 Å². The fourth-order valence-electron chi connectivity index (χ4n) is 4.07. The van der Waals surface area contributed by atoms with Gasteiger partial charge in [-0.05, 0) is 56.7 Å². The van der Waals surface area contributed by atoms with Gasteiger partial charge in [0.2, 0.25) is 0 Å². The first-order valence-corrected chi connectivity index (χ1v) is 10.8. The van der Waals surface area contributed by atoms with Crippen LogP contribution >= 0.6 is 0 Å². The number of amidine groups is 1. The second-order valence-electron chi connectivity index (χ2n) is 8.16. The molecule has 0 radical (unpaired) electrons. The lowest BCUT2D eigenvalue weighted by atomic mass is 9.98. The van der Waals surface area contributed by atoms with Gasteiger partial charge < -0.3 is 15.5 Å². The lowest BCUT2D eigenvalue weighted by Gasteiger charge is -2.20. The van der Waals surface area contributed by atoms with Crippen molar-refractivity contribution in [1.82, 2.24) is 5.53 Å². The highest BCUT2D eigenvalue weighted by Gasteiger charge is 2.20. The number of aryl methyl sites for hydroxylation is 1. The van der Waals surface area contributed by atoms with E-state index in [0.717, 1.165) is 16.8 Å². The molecular formula is C26H26FN5O2. The maximum atomic E-state index is 13.9. The number of hydrazone groups is 1. The van der Waals surface area contributed by atoms with E-state index in [4.69, 9.17) is 16.0 Å². The molecule has 7 nitrogen and oxygen atoms in total. The molecule has 0 aliphatic carbocycles. The summed E-state index contributed by atoms with van der Waals surface area (Å²) in [4.78, 5) is 13.3. The Morgan fingerprint density at radius 2 is 1.85 bits per heavy atom. The number of halogens is 1. The Hall–Kier alpha value is -4.17. The van der Waals surface area contributed by atoms with E-state index in [2.05, 4.69) is 16.0 Å². The molecule has 1 atom stereocenters. The van der Waals surface area contributed by atoms with Crippen LogP contribution in [-0.4, -0.2) is 5.84 Å². The van der Waals surface area contributed by atoms with E-state index < -0.39 is 5.82 Å². The fourth-order valence-corrected chi connectivity index (χ4v) is 4.07. The molecule has 3 aromatic carbocycles. The average Bonchev–Trinajstić information content (AvgIpc) is 2.81. The highest BCUT2D eigenvalue weighted by molar-refractivity contribution is 6.02. The maximum absolute atomic E-state index is 13.9. The van der Waals surface area contributed by atoms with Crippen molar-refractivity contribution in [3.8, 4) is 11.3 Å². The molecule has 8 heteroatoms. The molecule has 174 valence electrons. The Labute approximate surface area is 196 Å². The van der Waals surface area contributed by atoms with E-state index in [1.165, 1.54) is 12.1 Å². The SMILES string of the molecule is Cc1cc(C(C)Nc2ccccc2/C(N)=N/NN)c2oc(-c3cccc(F)c3)c(C)c(=O)c2c1. The molecule has 0 aliphatic rings. The Kier molecular flexibility index (Phi) is 6.34. The number of nitrogens with one attached hydrogen (secondary N) is 2. The van der Waals surface area contributed by atoms with E-state index in [-0.39, 0.29) is 17.3 Å². The van der Waals surface area contributed by atoms with Crippen LogP contribution in [-0.2, 0) is 0 Å². The maximum Gasteiger partial charge on any atom is 0.196 e. The van der Waals surface area contributed by atoms with Crippen LogP contribution in [0, 0.1) is 19.7 Å². The predicted octanol–water partition coefficient (Wildman–Crippen LogP) is 4.47. The zero-order valence-electron chi connectivity index (χ0n) is 19.1. The molecule has 4 aromatic rings. The Balaban J connectivity index is 1.87. The molecule has 0 bridgehead atoms. The van der Waals surface area contributed by atoms with Crippen molar-refractivity contribution in [1.29, 1.82) is 0 Å². The van der Waals surface area contributed by atoms with Crippen molar-refractivity contribution in [3.05, 3.63) is 99.0 Å². The molecule has 34 heavy (non-hydrogen) atoms. The zero-order valence-corrected chi connectivity index (χ0v) is 19.1. The van der Waals surface area contributed by atoms with E-state index in [1.807, 2.05) is 50.2 Å². The number of nitrogens with zero attached hydrogens (tertiary/aromatic N) is 1. The van der Waals surface area contributed by atoms with Crippen molar-refractivity contribution >= 4 is 22.5 Å². The first-order chi connectivity index (χ1) is 16.3. The normalized spacial score (nSPS) is 12.6. The summed E-state index contributed by atoms with van der Waals surface area (Å²) < 4.78 is 20.2. The third-order valence-electron chi connectivity index (χ3n) is 5.71. The number of nitrogens with two attached hydrogens (primary N) is 2. The molecule has 6 N–H and O–H groups in total. The van der Waals surface area contributed by atoms with Gasteiger partial charge in [0.15, 0.2) is 11.3 Å². The second kappa shape index (κ2) is 9.36. The standard InChI is InChI=1S/C26H26FN5O2/c1-14-11-20(16(3)30-22-10-5-4-9-19(22)26(28)31-32-29)25-21(12-14)23(33)15(2)24(34-25)17-7-6-8-18(27)13-17/h4-13,16,30,32H,29H2,1-3H3,(H2,28,31). The topological polar surface area (TPSA) is 119 Å².